The van der Waals surface area contributed by atoms with Gasteiger partial charge in [0.15, 0.2) is 6.10 Å². The number of amides is 1. The minimum atomic E-state index is -0.583. The highest BCUT2D eigenvalue weighted by atomic mass is 35.5. The van der Waals surface area contributed by atoms with Crippen LogP contribution in [0.5, 0.6) is 11.5 Å². The van der Waals surface area contributed by atoms with Gasteiger partial charge in [0.05, 0.1) is 11.6 Å². The topological polar surface area (TPSA) is 47.6 Å². The van der Waals surface area contributed by atoms with Crippen molar-refractivity contribution in [3.05, 3.63) is 58.6 Å². The van der Waals surface area contributed by atoms with Crippen molar-refractivity contribution in [1.29, 1.82) is 0 Å². The van der Waals surface area contributed by atoms with Crippen LogP contribution in [-0.4, -0.2) is 25.2 Å². The summed E-state index contributed by atoms with van der Waals surface area (Å²) >= 11 is 6.08. The molecule has 134 valence electrons. The highest BCUT2D eigenvalue weighted by Gasteiger charge is 2.19. The molecular weight excluding hydrogens is 338 g/mol. The predicted molar refractivity (Wildman–Crippen MR) is 101 cm³/mol. The first kappa shape index (κ1) is 19.1. The molecule has 0 spiro atoms. The van der Waals surface area contributed by atoms with Crippen molar-refractivity contribution in [3.8, 4) is 11.5 Å². The summed E-state index contributed by atoms with van der Waals surface area (Å²) in [6.07, 6.45) is -0.0323. The highest BCUT2D eigenvalue weighted by Crippen LogP contribution is 2.25. The molecule has 5 heteroatoms. The van der Waals surface area contributed by atoms with Gasteiger partial charge in [-0.3, -0.25) is 4.79 Å². The van der Waals surface area contributed by atoms with Gasteiger partial charge < -0.3 is 14.8 Å². The second-order valence-electron chi connectivity index (χ2n) is 5.78. The zero-order valence-electron chi connectivity index (χ0n) is 14.8. The molecule has 1 atom stereocenters. The van der Waals surface area contributed by atoms with Crippen LogP contribution < -0.4 is 14.8 Å². The summed E-state index contributed by atoms with van der Waals surface area (Å²) in [6, 6.07) is 13.1. The van der Waals surface area contributed by atoms with Gasteiger partial charge in [-0.15, -0.1) is 0 Å². The molecule has 25 heavy (non-hydrogen) atoms. The number of rotatable bonds is 8. The largest absolute Gasteiger partial charge is 0.491 e. The van der Waals surface area contributed by atoms with Crippen LogP contribution in [0.4, 0.5) is 0 Å². The predicted octanol–water partition coefficient (Wildman–Crippen LogP) is 4.31. The third-order valence-corrected chi connectivity index (χ3v) is 4.30. The molecule has 2 rings (SSSR count). The maximum Gasteiger partial charge on any atom is 0.261 e. The van der Waals surface area contributed by atoms with Crippen LogP contribution in [0.15, 0.2) is 42.5 Å². The minimum absolute atomic E-state index is 0.174. The Balaban J connectivity index is 1.82. The fraction of sp³-hybridized carbons (Fsp3) is 0.350. The third kappa shape index (κ3) is 5.40. The van der Waals surface area contributed by atoms with Gasteiger partial charge in [0.25, 0.3) is 5.91 Å². The summed E-state index contributed by atoms with van der Waals surface area (Å²) in [5.41, 5.74) is 2.29. The minimum Gasteiger partial charge on any atom is -0.491 e. The maximum atomic E-state index is 12.3. The summed E-state index contributed by atoms with van der Waals surface area (Å²) in [7, 11) is 0. The van der Waals surface area contributed by atoms with Crippen molar-refractivity contribution in [1.82, 2.24) is 5.32 Å². The zero-order chi connectivity index (χ0) is 18.2. The molecule has 0 aliphatic carbocycles. The molecule has 1 N–H and O–H groups in total. The van der Waals surface area contributed by atoms with Crippen molar-refractivity contribution < 1.29 is 14.3 Å². The van der Waals surface area contributed by atoms with E-state index < -0.39 is 6.10 Å². The number of ether oxygens (including phenoxy) is 2. The molecule has 0 unspecified atom stereocenters. The van der Waals surface area contributed by atoms with Crippen molar-refractivity contribution >= 4 is 17.5 Å². The molecule has 0 saturated carbocycles. The fourth-order valence-electron chi connectivity index (χ4n) is 2.35. The Kier molecular flexibility index (Phi) is 7.14. The number of carbonyl (C=O) groups is 1. The second-order valence-corrected chi connectivity index (χ2v) is 6.19. The Labute approximate surface area is 154 Å². The first-order valence-corrected chi connectivity index (χ1v) is 8.78. The molecule has 0 heterocycles. The molecule has 2 aromatic carbocycles. The number of aryl methyl sites for hydroxylation is 1. The number of hydrogen-bond donors (Lipinski definition) is 1. The second kappa shape index (κ2) is 9.33. The summed E-state index contributed by atoms with van der Waals surface area (Å²) in [4.78, 5) is 12.3. The van der Waals surface area contributed by atoms with E-state index in [1.165, 1.54) is 5.56 Å². The molecule has 0 fully saturated rings. The number of nitrogens with one attached hydrogen (secondary N) is 1. The fourth-order valence-corrected chi connectivity index (χ4v) is 2.53. The highest BCUT2D eigenvalue weighted by molar-refractivity contribution is 6.32. The lowest BCUT2D eigenvalue weighted by molar-refractivity contribution is -0.128. The smallest absolute Gasteiger partial charge is 0.261 e. The van der Waals surface area contributed by atoms with Gasteiger partial charge >= 0.3 is 0 Å². The summed E-state index contributed by atoms with van der Waals surface area (Å²) in [5.74, 6) is 1.18. The van der Waals surface area contributed by atoms with Crippen molar-refractivity contribution in [2.24, 2.45) is 0 Å². The molecule has 0 aliphatic rings. The van der Waals surface area contributed by atoms with Gasteiger partial charge in [0, 0.05) is 0 Å². The van der Waals surface area contributed by atoms with Crippen LogP contribution in [-0.2, 0) is 4.79 Å². The van der Waals surface area contributed by atoms with E-state index in [2.05, 4.69) is 5.32 Å². The van der Waals surface area contributed by atoms with Crippen LogP contribution >= 0.6 is 11.6 Å². The first-order valence-electron chi connectivity index (χ1n) is 8.40. The maximum absolute atomic E-state index is 12.3. The van der Waals surface area contributed by atoms with E-state index in [9.17, 15) is 4.79 Å². The lowest BCUT2D eigenvalue weighted by atomic mass is 10.1. The van der Waals surface area contributed by atoms with E-state index in [4.69, 9.17) is 21.1 Å². The first-order chi connectivity index (χ1) is 12.0. The average Bonchev–Trinajstić information content (AvgIpc) is 2.61. The Hall–Kier alpha value is -2.20. The van der Waals surface area contributed by atoms with Gasteiger partial charge in [0.2, 0.25) is 0 Å². The normalized spacial score (nSPS) is 11.7. The molecule has 0 aromatic heterocycles. The molecule has 0 bridgehead atoms. The Morgan fingerprint density at radius 3 is 2.56 bits per heavy atom. The van der Waals surface area contributed by atoms with Crippen molar-refractivity contribution in [2.75, 3.05) is 13.2 Å². The Morgan fingerprint density at radius 2 is 1.84 bits per heavy atom. The van der Waals surface area contributed by atoms with Gasteiger partial charge in [-0.25, -0.2) is 0 Å². The molecule has 0 aliphatic heterocycles. The molecule has 0 radical (unpaired) electrons. The zero-order valence-corrected chi connectivity index (χ0v) is 15.6. The van der Waals surface area contributed by atoms with Crippen LogP contribution in [0.3, 0.4) is 0 Å². The number of carbonyl (C=O) groups excluding carboxylic acids is 1. The van der Waals surface area contributed by atoms with Gasteiger partial charge in [-0.1, -0.05) is 42.8 Å². The summed E-state index contributed by atoms with van der Waals surface area (Å²) in [6.45, 7) is 6.77. The van der Waals surface area contributed by atoms with Crippen LogP contribution in [0, 0.1) is 13.8 Å². The number of halogens is 1. The van der Waals surface area contributed by atoms with Gasteiger partial charge in [-0.2, -0.15) is 0 Å². The van der Waals surface area contributed by atoms with Crippen LogP contribution in [0.25, 0.3) is 0 Å². The van der Waals surface area contributed by atoms with E-state index in [0.29, 0.717) is 30.3 Å². The lowest BCUT2D eigenvalue weighted by Gasteiger charge is -2.18. The van der Waals surface area contributed by atoms with E-state index in [0.717, 1.165) is 11.3 Å². The molecule has 2 aromatic rings. The monoisotopic (exact) mass is 361 g/mol. The standard InChI is InChI=1S/C20H24ClNO3/c1-4-17(25-19-10-6-5-9-16(19)21)20(23)22-12-13-24-18-11-7-8-14(2)15(18)3/h5-11,17H,4,12-13H2,1-3H3,(H,22,23)/t17-/m1/s1. The van der Waals surface area contributed by atoms with Gasteiger partial charge in [0.1, 0.15) is 18.1 Å². The van der Waals surface area contributed by atoms with Crippen molar-refractivity contribution in [2.45, 2.75) is 33.3 Å². The number of hydrogen-bond acceptors (Lipinski definition) is 3. The number of para-hydroxylation sites is 1. The molecular formula is C20H24ClNO3. The molecule has 0 saturated heterocycles. The van der Waals surface area contributed by atoms with Crippen LogP contribution in [0.2, 0.25) is 5.02 Å². The Bertz CT molecular complexity index is 718. The molecule has 1 amide bonds. The van der Waals surface area contributed by atoms with E-state index in [1.54, 1.807) is 12.1 Å². The van der Waals surface area contributed by atoms with E-state index >= 15 is 0 Å². The van der Waals surface area contributed by atoms with E-state index in [-0.39, 0.29) is 5.91 Å². The SMILES string of the molecule is CC[C@@H](Oc1ccccc1Cl)C(=O)NCCOc1cccc(C)c1C. The van der Waals surface area contributed by atoms with Crippen LogP contribution in [0.1, 0.15) is 24.5 Å². The Morgan fingerprint density at radius 1 is 1.12 bits per heavy atom. The van der Waals surface area contributed by atoms with Crippen molar-refractivity contribution in [3.63, 3.8) is 0 Å². The third-order valence-electron chi connectivity index (χ3n) is 3.98. The van der Waals surface area contributed by atoms with E-state index in [1.807, 2.05) is 51.1 Å². The molecule has 4 nitrogen and oxygen atoms in total. The van der Waals surface area contributed by atoms with Gasteiger partial charge in [-0.05, 0) is 49.6 Å². The number of benzene rings is 2. The lowest BCUT2D eigenvalue weighted by Crippen LogP contribution is -2.39. The quantitative estimate of drug-likeness (QED) is 0.713. The summed E-state index contributed by atoms with van der Waals surface area (Å²) < 4.78 is 11.5. The summed E-state index contributed by atoms with van der Waals surface area (Å²) in [5, 5.41) is 3.34. The average molecular weight is 362 g/mol.